The molecule has 8 aromatic carbocycles. The van der Waals surface area contributed by atoms with Crippen molar-refractivity contribution in [3.63, 3.8) is 0 Å². The van der Waals surface area contributed by atoms with Gasteiger partial charge in [-0.3, -0.25) is 0 Å². The Labute approximate surface area is 434 Å². The molecule has 0 N–H and O–H groups in total. The van der Waals surface area contributed by atoms with Crippen LogP contribution in [0.25, 0.3) is 84.9 Å². The van der Waals surface area contributed by atoms with Gasteiger partial charge in [0.25, 0.3) is 0 Å². The summed E-state index contributed by atoms with van der Waals surface area (Å²) in [5.74, 6) is 0. The zero-order valence-corrected chi connectivity index (χ0v) is 44.6. The molecule has 2 aliphatic heterocycles. The summed E-state index contributed by atoms with van der Waals surface area (Å²) in [5, 5.41) is 5.22. The Hall–Kier alpha value is -5.87. The number of benzene rings is 8. The third-order valence-electron chi connectivity index (χ3n) is 14.6. The zero-order chi connectivity index (χ0) is 50.4. The van der Waals surface area contributed by atoms with Crippen molar-refractivity contribution in [3.8, 4) is 44.5 Å². The Morgan fingerprint density at radius 2 is 0.778 bits per heavy atom. The molecule has 2 saturated heterocycles. The molecule has 2 fully saturated rings. The Morgan fingerprint density at radius 3 is 1.26 bits per heavy atom. The lowest BCUT2D eigenvalue weighted by molar-refractivity contribution is 0.00578. The van der Waals surface area contributed by atoms with E-state index in [4.69, 9.17) is 23.3 Å². The van der Waals surface area contributed by atoms with E-state index < -0.39 is 7.32 Å². The van der Waals surface area contributed by atoms with Gasteiger partial charge in [0.2, 0.25) is 0 Å². The van der Waals surface area contributed by atoms with E-state index >= 15 is 0 Å². The van der Waals surface area contributed by atoms with Gasteiger partial charge in [-0.05, 0) is 133 Å². The summed E-state index contributed by atoms with van der Waals surface area (Å²) in [4.78, 5) is 0. The molecule has 0 bridgehead atoms. The van der Waals surface area contributed by atoms with E-state index in [1.165, 1.54) is 84.9 Å². The van der Waals surface area contributed by atoms with E-state index in [9.17, 15) is 0 Å². The number of thiophene rings is 2. The van der Waals surface area contributed by atoms with Gasteiger partial charge in [0.05, 0.1) is 22.4 Å². The Morgan fingerprint density at radius 1 is 0.375 bits per heavy atom. The van der Waals surface area contributed by atoms with E-state index in [1.807, 2.05) is 64.2 Å². The Kier molecular flexibility index (Phi) is 13.7. The summed E-state index contributed by atoms with van der Waals surface area (Å²) in [5.41, 5.74) is 9.85. The van der Waals surface area contributed by atoms with Gasteiger partial charge >= 0.3 is 14.4 Å². The molecule has 9 heteroatoms. The molecule has 2 aliphatic rings. The molecule has 0 aliphatic carbocycles. The highest BCUT2D eigenvalue weighted by molar-refractivity contribution is 7.27. The minimum Gasteiger partial charge on any atom is -0.399 e. The highest BCUT2D eigenvalue weighted by atomic mass is 32.1. The van der Waals surface area contributed by atoms with E-state index in [0.29, 0.717) is 0 Å². The van der Waals surface area contributed by atoms with Crippen LogP contribution in [0.3, 0.4) is 0 Å². The van der Waals surface area contributed by atoms with Gasteiger partial charge in [-0.2, -0.15) is 0 Å². The van der Waals surface area contributed by atoms with Crippen LogP contribution in [0.5, 0.6) is 0 Å². The van der Waals surface area contributed by atoms with Gasteiger partial charge in [-0.25, -0.2) is 0 Å². The van der Waals surface area contributed by atoms with Crippen molar-refractivity contribution in [1.82, 2.24) is 0 Å². The van der Waals surface area contributed by atoms with E-state index in [-0.39, 0.29) is 35.6 Å². The molecular formula is C63H62B2O5S2. The molecule has 2 aromatic heterocycles. The maximum absolute atomic E-state index is 6.45. The fourth-order valence-corrected chi connectivity index (χ4v) is 11.8. The molecule has 0 saturated carbocycles. The SMILES string of the molecule is CC(C)OB1OC(C)(C)C(C)(C)O1.CC1(C)OB(c2cccc3c2sc2c(-c4ccccc4)cc(-c4ccccc4)cc23)OC1(C)C.c1ccc(-c2cc(-c3ccccc3)c3sc4ccccc4c3c2)cc1. The third kappa shape index (κ3) is 9.84. The van der Waals surface area contributed by atoms with Gasteiger partial charge in [-0.15, -0.1) is 22.7 Å². The molecule has 0 amide bonds. The monoisotopic (exact) mass is 984 g/mol. The minimum absolute atomic E-state index is 0.120. The highest BCUT2D eigenvalue weighted by Crippen LogP contribution is 2.45. The van der Waals surface area contributed by atoms with E-state index in [1.54, 1.807) is 0 Å². The predicted octanol–water partition coefficient (Wildman–Crippen LogP) is 17.1. The number of rotatable bonds is 7. The van der Waals surface area contributed by atoms with Gasteiger partial charge in [0, 0.05) is 63.0 Å². The molecule has 0 radical (unpaired) electrons. The first kappa shape index (κ1) is 49.7. The van der Waals surface area contributed by atoms with Crippen LogP contribution in [-0.2, 0) is 23.3 Å². The fraction of sp³-hybridized carbons (Fsp3) is 0.238. The quantitative estimate of drug-likeness (QED) is 0.149. The number of hydrogen-bond donors (Lipinski definition) is 0. The number of fused-ring (bicyclic) bond motifs is 6. The molecule has 12 rings (SSSR count). The standard InChI is InChI=1S/C30H27BO2S.C24H16S.C9H19BO3/c1-29(2)30(3,4)33-31(32-29)26-17-11-16-23-25-19-22(20-12-7-5-8-13-20)18-24(27(25)34-28(23)26)21-14-9-6-10-15-21;1-3-9-17(10-4-1)19-15-21(18-11-5-2-6-12-18)24-22(16-19)20-13-7-8-14-23(20)25-24;1-7(2)11-10-12-8(3,4)9(5,6)13-10/h5-19H,1-4H3;1-16H;7H,1-6H3. The lowest BCUT2D eigenvalue weighted by Crippen LogP contribution is -2.41. The average molecular weight is 985 g/mol. The summed E-state index contributed by atoms with van der Waals surface area (Å²) in [6, 6.07) is 67.2. The third-order valence-corrected chi connectivity index (χ3v) is 17.1. The van der Waals surface area contributed by atoms with Crippen LogP contribution in [0.4, 0.5) is 0 Å². The molecule has 0 unspecified atom stereocenters. The predicted molar refractivity (Wildman–Crippen MR) is 308 cm³/mol. The smallest absolute Gasteiger partial charge is 0.399 e. The van der Waals surface area contributed by atoms with Crippen molar-refractivity contribution in [3.05, 3.63) is 188 Å². The summed E-state index contributed by atoms with van der Waals surface area (Å²) in [6.07, 6.45) is 0.120. The fourth-order valence-electron chi connectivity index (χ4n) is 9.23. The van der Waals surface area contributed by atoms with Crippen molar-refractivity contribution in [2.75, 3.05) is 0 Å². The molecule has 5 nitrogen and oxygen atoms in total. The van der Waals surface area contributed by atoms with Gasteiger partial charge in [-0.1, -0.05) is 158 Å². The summed E-state index contributed by atoms with van der Waals surface area (Å²) < 4.78 is 34.8. The first-order chi connectivity index (χ1) is 34.5. The number of hydrogen-bond acceptors (Lipinski definition) is 7. The van der Waals surface area contributed by atoms with Crippen LogP contribution >= 0.6 is 22.7 Å². The van der Waals surface area contributed by atoms with Gasteiger partial charge in [0.1, 0.15) is 0 Å². The molecule has 0 spiro atoms. The van der Waals surface area contributed by atoms with Crippen molar-refractivity contribution < 1.29 is 23.3 Å². The topological polar surface area (TPSA) is 46.2 Å². The van der Waals surface area contributed by atoms with Crippen LogP contribution in [-0.4, -0.2) is 42.9 Å². The molecule has 4 heterocycles. The van der Waals surface area contributed by atoms with Crippen molar-refractivity contribution in [2.45, 2.75) is 97.7 Å². The van der Waals surface area contributed by atoms with E-state index in [2.05, 4.69) is 216 Å². The normalized spacial score (nSPS) is 16.5. The first-order valence-corrected chi connectivity index (χ1v) is 26.6. The van der Waals surface area contributed by atoms with Gasteiger partial charge < -0.3 is 23.3 Å². The maximum Gasteiger partial charge on any atom is 0.640 e. The van der Waals surface area contributed by atoms with Crippen LogP contribution in [0, 0.1) is 0 Å². The van der Waals surface area contributed by atoms with Crippen LogP contribution in [0.1, 0.15) is 69.2 Å². The lowest BCUT2D eigenvalue weighted by Gasteiger charge is -2.32. The minimum atomic E-state index is -0.523. The summed E-state index contributed by atoms with van der Waals surface area (Å²) in [6.45, 7) is 20.4. The van der Waals surface area contributed by atoms with Crippen molar-refractivity contribution in [1.29, 1.82) is 0 Å². The maximum atomic E-state index is 6.45. The summed E-state index contributed by atoms with van der Waals surface area (Å²) in [7, 11) is -0.902. The molecule has 72 heavy (non-hydrogen) atoms. The molecular weight excluding hydrogens is 922 g/mol. The molecule has 0 atom stereocenters. The molecule has 10 aromatic rings. The largest absolute Gasteiger partial charge is 0.640 e. The second kappa shape index (κ2) is 19.9. The Balaban J connectivity index is 0.000000137. The average Bonchev–Trinajstić information content (AvgIpc) is 4.07. The van der Waals surface area contributed by atoms with Crippen molar-refractivity contribution in [2.24, 2.45) is 0 Å². The highest BCUT2D eigenvalue weighted by Gasteiger charge is 2.54. The van der Waals surface area contributed by atoms with Crippen LogP contribution in [0.15, 0.2) is 188 Å². The van der Waals surface area contributed by atoms with Gasteiger partial charge in [0.15, 0.2) is 0 Å². The van der Waals surface area contributed by atoms with E-state index in [0.717, 1.165) is 5.46 Å². The first-order valence-electron chi connectivity index (χ1n) is 25.0. The van der Waals surface area contributed by atoms with Crippen molar-refractivity contribution >= 4 is 82.9 Å². The second-order valence-electron chi connectivity index (χ2n) is 21.0. The lowest BCUT2D eigenvalue weighted by atomic mass is 9.78. The molecule has 362 valence electrons. The second-order valence-corrected chi connectivity index (χ2v) is 23.1. The Bertz CT molecular complexity index is 3460. The van der Waals surface area contributed by atoms with Crippen LogP contribution in [0.2, 0.25) is 0 Å². The summed E-state index contributed by atoms with van der Waals surface area (Å²) >= 11 is 3.73. The zero-order valence-electron chi connectivity index (χ0n) is 43.0. The van der Waals surface area contributed by atoms with Crippen LogP contribution < -0.4 is 5.46 Å².